The van der Waals surface area contributed by atoms with Gasteiger partial charge in [-0.2, -0.15) is 0 Å². The first-order valence-corrected chi connectivity index (χ1v) is 12.2. The highest BCUT2D eigenvalue weighted by Crippen LogP contribution is 2.27. The quantitative estimate of drug-likeness (QED) is 0.482. The largest absolute Gasteiger partial charge is 0.340 e. The number of benzene rings is 2. The molecule has 0 aliphatic heterocycles. The van der Waals surface area contributed by atoms with Crippen molar-refractivity contribution in [2.75, 3.05) is 14.2 Å². The highest BCUT2D eigenvalue weighted by atomic mass is 32.2. The van der Waals surface area contributed by atoms with E-state index < -0.39 is 10.0 Å². The fourth-order valence-electron chi connectivity index (χ4n) is 3.18. The zero-order chi connectivity index (χ0) is 22.4. The highest BCUT2D eigenvalue weighted by Gasteiger charge is 2.22. The molecule has 1 amide bonds. The molecule has 3 rings (SSSR count). The van der Waals surface area contributed by atoms with Gasteiger partial charge < -0.3 is 5.32 Å². The Balaban J connectivity index is 1.83. The minimum absolute atomic E-state index is 0.0507. The number of aryl methyl sites for hydroxylation is 1. The number of hydroxylamine groups is 1. The zero-order valence-corrected chi connectivity index (χ0v) is 19.4. The van der Waals surface area contributed by atoms with Gasteiger partial charge in [-0.25, -0.2) is 8.42 Å². The van der Waals surface area contributed by atoms with E-state index in [2.05, 4.69) is 24.4 Å². The molecule has 0 saturated carbocycles. The highest BCUT2D eigenvalue weighted by molar-refractivity contribution is 7.89. The molecule has 1 aromatic heterocycles. The van der Waals surface area contributed by atoms with Crippen LogP contribution >= 0.6 is 11.3 Å². The average Bonchev–Trinajstić information content (AvgIpc) is 3.32. The Bertz CT molecular complexity index is 1090. The monoisotopic (exact) mass is 458 g/mol. The van der Waals surface area contributed by atoms with Crippen LogP contribution in [0.25, 0.3) is 0 Å². The van der Waals surface area contributed by atoms with E-state index in [1.807, 2.05) is 29.6 Å². The first kappa shape index (κ1) is 23.1. The van der Waals surface area contributed by atoms with Gasteiger partial charge >= 0.3 is 0 Å². The van der Waals surface area contributed by atoms with Crippen LogP contribution in [0, 0.1) is 0 Å². The van der Waals surface area contributed by atoms with Gasteiger partial charge in [0.2, 0.25) is 0 Å². The van der Waals surface area contributed by atoms with E-state index in [0.717, 1.165) is 27.8 Å². The van der Waals surface area contributed by atoms with Gasteiger partial charge in [-0.15, -0.1) is 11.3 Å². The number of nitrogens with zero attached hydrogens (tertiary/aromatic N) is 1. The molecule has 3 aromatic rings. The Hall–Kier alpha value is -2.52. The second kappa shape index (κ2) is 10.2. The van der Waals surface area contributed by atoms with E-state index in [9.17, 15) is 13.2 Å². The number of carbonyl (C=O) groups excluding carboxylic acids is 1. The first-order chi connectivity index (χ1) is 14.9. The minimum atomic E-state index is -3.76. The molecule has 0 aliphatic carbocycles. The fraction of sp³-hybridized carbons (Fsp3) is 0.261. The SMILES string of the molecule is CCCc1ccc(C(NC(=O)c2ccc(S(=O)(=O)N(C)OC)cc2)c2cccs2)cc1. The van der Waals surface area contributed by atoms with Crippen molar-refractivity contribution in [1.82, 2.24) is 9.79 Å². The third kappa shape index (κ3) is 5.40. The maximum Gasteiger partial charge on any atom is 0.264 e. The van der Waals surface area contributed by atoms with Gasteiger partial charge in [0.25, 0.3) is 15.9 Å². The number of nitrogens with one attached hydrogen (secondary N) is 1. The van der Waals surface area contributed by atoms with E-state index >= 15 is 0 Å². The number of hydrogen-bond acceptors (Lipinski definition) is 5. The molecule has 6 nitrogen and oxygen atoms in total. The van der Waals surface area contributed by atoms with Gasteiger partial charge in [0.1, 0.15) is 0 Å². The summed E-state index contributed by atoms with van der Waals surface area (Å²) in [6.07, 6.45) is 2.10. The van der Waals surface area contributed by atoms with Crippen molar-refractivity contribution in [2.24, 2.45) is 0 Å². The molecule has 0 fully saturated rings. The van der Waals surface area contributed by atoms with E-state index in [4.69, 9.17) is 4.84 Å². The number of hydrogen-bond donors (Lipinski definition) is 1. The van der Waals surface area contributed by atoms with Gasteiger partial charge in [0.05, 0.1) is 18.0 Å². The van der Waals surface area contributed by atoms with Crippen molar-refractivity contribution in [2.45, 2.75) is 30.7 Å². The molecule has 0 radical (unpaired) electrons. The predicted octanol–water partition coefficient (Wildman–Crippen LogP) is 4.40. The smallest absolute Gasteiger partial charge is 0.264 e. The van der Waals surface area contributed by atoms with Crippen LogP contribution < -0.4 is 5.32 Å². The molecule has 0 spiro atoms. The third-order valence-corrected chi connectivity index (χ3v) is 7.60. The molecule has 1 N–H and O–H groups in total. The summed E-state index contributed by atoms with van der Waals surface area (Å²) in [7, 11) is -1.17. The standard InChI is InChI=1S/C23H26N2O4S2/c1-4-6-17-8-10-18(11-9-17)22(21-7-5-16-30-21)24-23(26)19-12-14-20(15-13-19)31(27,28)25(2)29-3/h5,7-16,22H,4,6H2,1-3H3,(H,24,26). The van der Waals surface area contributed by atoms with E-state index in [1.165, 1.54) is 44.0 Å². The number of rotatable bonds is 9. The number of sulfonamides is 1. The van der Waals surface area contributed by atoms with Crippen LogP contribution in [0.2, 0.25) is 0 Å². The number of amides is 1. The lowest BCUT2D eigenvalue weighted by Crippen LogP contribution is -2.29. The topological polar surface area (TPSA) is 75.7 Å². The van der Waals surface area contributed by atoms with Crippen LogP contribution in [0.4, 0.5) is 0 Å². The lowest BCUT2D eigenvalue weighted by Gasteiger charge is -2.19. The number of carbonyl (C=O) groups is 1. The Kier molecular flexibility index (Phi) is 7.61. The third-order valence-electron chi connectivity index (χ3n) is 4.96. The normalized spacial score (nSPS) is 12.6. The summed E-state index contributed by atoms with van der Waals surface area (Å²) < 4.78 is 25.5. The van der Waals surface area contributed by atoms with Crippen LogP contribution in [0.3, 0.4) is 0 Å². The summed E-state index contributed by atoms with van der Waals surface area (Å²) in [5, 5.41) is 5.06. The van der Waals surface area contributed by atoms with Crippen molar-refractivity contribution in [3.8, 4) is 0 Å². The average molecular weight is 459 g/mol. The summed E-state index contributed by atoms with van der Waals surface area (Å²) in [6.45, 7) is 2.15. The molecule has 8 heteroatoms. The molecular weight excluding hydrogens is 432 g/mol. The molecule has 1 atom stereocenters. The second-order valence-corrected chi connectivity index (χ2v) is 9.95. The van der Waals surface area contributed by atoms with E-state index in [0.29, 0.717) is 5.56 Å². The van der Waals surface area contributed by atoms with Gasteiger partial charge in [0, 0.05) is 17.5 Å². The van der Waals surface area contributed by atoms with Crippen LogP contribution in [0.1, 0.15) is 45.7 Å². The van der Waals surface area contributed by atoms with Gasteiger partial charge in [-0.3, -0.25) is 9.63 Å². The van der Waals surface area contributed by atoms with Crippen molar-refractivity contribution in [3.05, 3.63) is 87.6 Å². The summed E-state index contributed by atoms with van der Waals surface area (Å²) in [5.74, 6) is -0.278. The van der Waals surface area contributed by atoms with E-state index in [1.54, 1.807) is 11.3 Å². The Morgan fingerprint density at radius 2 is 1.77 bits per heavy atom. The predicted molar refractivity (Wildman–Crippen MR) is 122 cm³/mol. The van der Waals surface area contributed by atoms with Crippen LogP contribution in [0.15, 0.2) is 70.9 Å². The lowest BCUT2D eigenvalue weighted by molar-refractivity contribution is -0.0258. The molecule has 31 heavy (non-hydrogen) atoms. The Labute approximate surface area is 187 Å². The maximum atomic E-state index is 13.0. The van der Waals surface area contributed by atoms with Crippen molar-refractivity contribution in [1.29, 1.82) is 0 Å². The molecule has 0 aliphatic rings. The molecule has 0 bridgehead atoms. The fourth-order valence-corrected chi connectivity index (χ4v) is 4.95. The minimum Gasteiger partial charge on any atom is -0.340 e. The summed E-state index contributed by atoms with van der Waals surface area (Å²) in [6, 6.07) is 17.8. The second-order valence-electron chi connectivity index (χ2n) is 7.04. The zero-order valence-electron chi connectivity index (χ0n) is 17.7. The Morgan fingerprint density at radius 3 is 2.32 bits per heavy atom. The summed E-state index contributed by atoms with van der Waals surface area (Å²) in [5.41, 5.74) is 2.64. The van der Waals surface area contributed by atoms with Gasteiger partial charge in [-0.05, 0) is 53.3 Å². The van der Waals surface area contributed by atoms with Crippen LogP contribution in [-0.4, -0.2) is 33.0 Å². The Morgan fingerprint density at radius 1 is 1.10 bits per heavy atom. The van der Waals surface area contributed by atoms with Crippen LogP contribution in [-0.2, 0) is 21.3 Å². The first-order valence-electron chi connectivity index (χ1n) is 9.93. The molecule has 1 unspecified atom stereocenters. The van der Waals surface area contributed by atoms with E-state index in [-0.39, 0.29) is 16.8 Å². The van der Waals surface area contributed by atoms with Gasteiger partial charge in [0.15, 0.2) is 0 Å². The van der Waals surface area contributed by atoms with Crippen molar-refractivity contribution >= 4 is 27.3 Å². The van der Waals surface area contributed by atoms with Crippen LogP contribution in [0.5, 0.6) is 0 Å². The number of thiophene rings is 1. The molecule has 164 valence electrons. The molecule has 1 heterocycles. The van der Waals surface area contributed by atoms with Crippen molar-refractivity contribution in [3.63, 3.8) is 0 Å². The lowest BCUT2D eigenvalue weighted by atomic mass is 10.0. The van der Waals surface area contributed by atoms with Crippen molar-refractivity contribution < 1.29 is 18.0 Å². The summed E-state index contributed by atoms with van der Waals surface area (Å²) in [4.78, 5) is 18.8. The molecular formula is C23H26N2O4S2. The maximum absolute atomic E-state index is 13.0. The molecule has 0 saturated heterocycles. The summed E-state index contributed by atoms with van der Waals surface area (Å²) >= 11 is 1.58. The molecule has 2 aromatic carbocycles. The van der Waals surface area contributed by atoms with Gasteiger partial charge in [-0.1, -0.05) is 48.1 Å².